The molecule has 7 nitrogen and oxygen atoms in total. The highest BCUT2D eigenvalue weighted by Gasteiger charge is 2.30. The van der Waals surface area contributed by atoms with Crippen molar-refractivity contribution in [2.24, 2.45) is 0 Å². The second-order valence-corrected chi connectivity index (χ2v) is 8.57. The van der Waals surface area contributed by atoms with E-state index in [1.165, 1.54) is 18.9 Å². The zero-order chi connectivity index (χ0) is 22.5. The van der Waals surface area contributed by atoms with Crippen molar-refractivity contribution in [3.8, 4) is 0 Å². The van der Waals surface area contributed by atoms with Crippen LogP contribution in [-0.4, -0.2) is 51.0 Å². The van der Waals surface area contributed by atoms with Crippen LogP contribution in [0.4, 0.5) is 14.5 Å². The predicted octanol–water partition coefficient (Wildman–Crippen LogP) is 1.89. The molecule has 0 aliphatic rings. The topological polar surface area (TPSA) is 86.8 Å². The van der Waals surface area contributed by atoms with Crippen LogP contribution in [0.3, 0.4) is 0 Å². The average Bonchev–Trinajstić information content (AvgIpc) is 2.71. The minimum atomic E-state index is -4.00. The number of likely N-dealkylation sites (N-methyl/N-ethyl adjacent to an activating group) is 1. The van der Waals surface area contributed by atoms with Gasteiger partial charge in [0.2, 0.25) is 21.8 Å². The van der Waals surface area contributed by atoms with Gasteiger partial charge in [0, 0.05) is 19.7 Å². The number of anilines is 1. The number of sulfonamides is 1. The number of hydrogen-bond donors (Lipinski definition) is 1. The summed E-state index contributed by atoms with van der Waals surface area (Å²) in [4.78, 5) is 26.4. The van der Waals surface area contributed by atoms with Crippen LogP contribution in [0, 0.1) is 11.6 Å². The van der Waals surface area contributed by atoms with Gasteiger partial charge in [-0.1, -0.05) is 30.3 Å². The maximum atomic E-state index is 13.6. The lowest BCUT2D eigenvalue weighted by molar-refractivity contribution is -0.139. The van der Waals surface area contributed by atoms with Gasteiger partial charge in [-0.25, -0.2) is 17.2 Å². The van der Waals surface area contributed by atoms with Gasteiger partial charge < -0.3 is 10.2 Å². The Hall–Kier alpha value is -3.01. The highest BCUT2D eigenvalue weighted by Crippen LogP contribution is 2.21. The van der Waals surface area contributed by atoms with E-state index in [2.05, 4.69) is 5.32 Å². The number of amides is 2. The fourth-order valence-electron chi connectivity index (χ4n) is 2.83. The molecule has 2 aromatic carbocycles. The van der Waals surface area contributed by atoms with Gasteiger partial charge >= 0.3 is 0 Å². The van der Waals surface area contributed by atoms with E-state index in [0.29, 0.717) is 10.4 Å². The zero-order valence-corrected chi connectivity index (χ0v) is 17.6. The van der Waals surface area contributed by atoms with Gasteiger partial charge in [-0.05, 0) is 24.6 Å². The number of hydrogen-bond acceptors (Lipinski definition) is 4. The Kier molecular flexibility index (Phi) is 7.49. The molecule has 0 aliphatic heterocycles. The normalized spacial score (nSPS) is 12.2. The third kappa shape index (κ3) is 5.76. The Labute approximate surface area is 174 Å². The average molecular weight is 439 g/mol. The van der Waals surface area contributed by atoms with Crippen LogP contribution < -0.4 is 9.62 Å². The van der Waals surface area contributed by atoms with Crippen LogP contribution in [0.5, 0.6) is 0 Å². The first-order chi connectivity index (χ1) is 14.0. The summed E-state index contributed by atoms with van der Waals surface area (Å²) in [5.41, 5.74) is 0.539. The highest BCUT2D eigenvalue weighted by molar-refractivity contribution is 7.92. The lowest BCUT2D eigenvalue weighted by Gasteiger charge is -2.31. The number of halogens is 2. The summed E-state index contributed by atoms with van der Waals surface area (Å²) >= 11 is 0. The van der Waals surface area contributed by atoms with E-state index in [1.807, 2.05) is 0 Å². The van der Waals surface area contributed by atoms with E-state index in [9.17, 15) is 26.8 Å². The molecule has 30 heavy (non-hydrogen) atoms. The number of carbonyl (C=O) groups excluding carboxylic acids is 2. The van der Waals surface area contributed by atoms with Crippen LogP contribution >= 0.6 is 0 Å². The van der Waals surface area contributed by atoms with Crippen LogP contribution in [-0.2, 0) is 26.2 Å². The molecule has 0 aliphatic carbocycles. The molecule has 1 N–H and O–H groups in total. The van der Waals surface area contributed by atoms with Crippen LogP contribution in [0.15, 0.2) is 48.5 Å². The van der Waals surface area contributed by atoms with E-state index in [0.717, 1.165) is 24.0 Å². The standard InChI is InChI=1S/C20H23F2N3O4S/c1-14(20(27)23-2)24(12-15-7-5-4-6-8-15)19(26)13-25(30(3,28)29)16-9-10-17(21)18(22)11-16/h4-11,14H,12-13H2,1-3H3,(H,23,27)/t14-/m1/s1. The highest BCUT2D eigenvalue weighted by atomic mass is 32.2. The summed E-state index contributed by atoms with van der Waals surface area (Å²) in [6.45, 7) is 0.893. The monoisotopic (exact) mass is 439 g/mol. The molecule has 2 rings (SSSR count). The number of nitrogens with one attached hydrogen (secondary N) is 1. The van der Waals surface area contributed by atoms with E-state index in [4.69, 9.17) is 0 Å². The van der Waals surface area contributed by atoms with Crippen molar-refractivity contribution in [1.82, 2.24) is 10.2 Å². The Bertz CT molecular complexity index is 1020. The molecule has 162 valence electrons. The molecule has 0 aromatic heterocycles. The van der Waals surface area contributed by atoms with E-state index >= 15 is 0 Å². The number of carbonyl (C=O) groups is 2. The molecule has 0 fully saturated rings. The second-order valence-electron chi connectivity index (χ2n) is 6.67. The van der Waals surface area contributed by atoms with E-state index < -0.39 is 46.1 Å². The van der Waals surface area contributed by atoms with Crippen LogP contribution in [0.2, 0.25) is 0 Å². The maximum Gasteiger partial charge on any atom is 0.244 e. The summed E-state index contributed by atoms with van der Waals surface area (Å²) in [6.07, 6.45) is 0.852. The molecule has 2 aromatic rings. The van der Waals surface area contributed by atoms with Crippen LogP contribution in [0.1, 0.15) is 12.5 Å². The summed E-state index contributed by atoms with van der Waals surface area (Å²) in [7, 11) is -2.58. The minimum Gasteiger partial charge on any atom is -0.357 e. The Balaban J connectivity index is 2.38. The molecule has 0 spiro atoms. The van der Waals surface area contributed by atoms with Crippen molar-refractivity contribution in [3.05, 3.63) is 65.7 Å². The van der Waals surface area contributed by atoms with Crippen molar-refractivity contribution >= 4 is 27.5 Å². The molecule has 0 unspecified atom stereocenters. The fraction of sp³-hybridized carbons (Fsp3) is 0.300. The van der Waals surface area contributed by atoms with Crippen molar-refractivity contribution in [3.63, 3.8) is 0 Å². The second kappa shape index (κ2) is 9.66. The smallest absolute Gasteiger partial charge is 0.244 e. The van der Waals surface area contributed by atoms with Crippen molar-refractivity contribution in [1.29, 1.82) is 0 Å². The lowest BCUT2D eigenvalue weighted by atomic mass is 10.1. The summed E-state index contributed by atoms with van der Waals surface area (Å²) in [5, 5.41) is 2.46. The predicted molar refractivity (Wildman–Crippen MR) is 109 cm³/mol. The lowest BCUT2D eigenvalue weighted by Crippen LogP contribution is -2.50. The molecule has 0 heterocycles. The van der Waals surface area contributed by atoms with Crippen molar-refractivity contribution in [2.45, 2.75) is 19.5 Å². The summed E-state index contributed by atoms with van der Waals surface area (Å²) < 4.78 is 52.1. The maximum absolute atomic E-state index is 13.6. The number of nitrogens with zero attached hydrogens (tertiary/aromatic N) is 2. The third-order valence-corrected chi connectivity index (χ3v) is 5.62. The molecular weight excluding hydrogens is 416 g/mol. The SMILES string of the molecule is CNC(=O)[C@@H](C)N(Cc1ccccc1)C(=O)CN(c1ccc(F)c(F)c1)S(C)(=O)=O. The molecular formula is C20H23F2N3O4S. The number of rotatable bonds is 8. The third-order valence-electron chi connectivity index (χ3n) is 4.48. The van der Waals surface area contributed by atoms with Gasteiger partial charge in [0.1, 0.15) is 12.6 Å². The molecule has 0 saturated carbocycles. The van der Waals surface area contributed by atoms with Gasteiger partial charge in [-0.2, -0.15) is 0 Å². The Morgan fingerprint density at radius 1 is 1.07 bits per heavy atom. The van der Waals surface area contributed by atoms with Gasteiger partial charge in [0.15, 0.2) is 11.6 Å². The first-order valence-electron chi connectivity index (χ1n) is 9.02. The van der Waals surface area contributed by atoms with Crippen LogP contribution in [0.25, 0.3) is 0 Å². The quantitative estimate of drug-likeness (QED) is 0.681. The molecule has 0 radical (unpaired) electrons. The summed E-state index contributed by atoms with van der Waals surface area (Å²) in [5.74, 6) is -3.49. The van der Waals surface area contributed by atoms with Crippen molar-refractivity contribution < 1.29 is 26.8 Å². The van der Waals surface area contributed by atoms with E-state index in [1.54, 1.807) is 30.3 Å². The molecule has 1 atom stereocenters. The van der Waals surface area contributed by atoms with Gasteiger partial charge in [0.25, 0.3) is 0 Å². The summed E-state index contributed by atoms with van der Waals surface area (Å²) in [6, 6.07) is 10.5. The molecule has 2 amide bonds. The van der Waals surface area contributed by atoms with Crippen molar-refractivity contribution in [2.75, 3.05) is 24.2 Å². The molecule has 0 saturated heterocycles. The first kappa shape index (κ1) is 23.3. The Morgan fingerprint density at radius 3 is 2.23 bits per heavy atom. The first-order valence-corrected chi connectivity index (χ1v) is 10.9. The van der Waals surface area contributed by atoms with E-state index in [-0.39, 0.29) is 12.2 Å². The molecule has 0 bridgehead atoms. The zero-order valence-electron chi connectivity index (χ0n) is 16.8. The van der Waals surface area contributed by atoms with Gasteiger partial charge in [-0.3, -0.25) is 13.9 Å². The largest absolute Gasteiger partial charge is 0.357 e. The van der Waals surface area contributed by atoms with Gasteiger partial charge in [0.05, 0.1) is 11.9 Å². The number of benzene rings is 2. The fourth-order valence-corrected chi connectivity index (χ4v) is 3.67. The molecule has 10 heteroatoms. The van der Waals surface area contributed by atoms with Gasteiger partial charge in [-0.15, -0.1) is 0 Å². The Morgan fingerprint density at radius 2 is 1.70 bits per heavy atom. The minimum absolute atomic E-state index is 0.0592.